The lowest BCUT2D eigenvalue weighted by molar-refractivity contribution is 0.553. The van der Waals surface area contributed by atoms with E-state index in [2.05, 4.69) is 17.1 Å². The van der Waals surface area contributed by atoms with Crippen molar-refractivity contribution in [1.82, 2.24) is 14.8 Å². The van der Waals surface area contributed by atoms with Gasteiger partial charge in [-0.1, -0.05) is 12.1 Å². The van der Waals surface area contributed by atoms with E-state index in [0.717, 1.165) is 23.3 Å². The predicted octanol–water partition coefficient (Wildman–Crippen LogP) is 5.21. The normalized spacial score (nSPS) is 11.5. The Balaban J connectivity index is 1.85. The highest BCUT2D eigenvalue weighted by molar-refractivity contribution is 7.92. The maximum atomic E-state index is 14.3. The zero-order chi connectivity index (χ0) is 23.8. The number of anilines is 1. The molecule has 0 amide bonds. The van der Waals surface area contributed by atoms with Crippen LogP contribution in [0.3, 0.4) is 0 Å². The highest BCUT2D eigenvalue weighted by Gasteiger charge is 2.28. The van der Waals surface area contributed by atoms with Crippen LogP contribution in [0.25, 0.3) is 22.4 Å². The molecule has 1 radical (unpaired) electrons. The highest BCUT2D eigenvalue weighted by atomic mass is 32.2. The fourth-order valence-corrected chi connectivity index (χ4v) is 4.87. The molecule has 2 aromatic carbocycles. The summed E-state index contributed by atoms with van der Waals surface area (Å²) in [5, 5.41) is 4.68. The molecule has 0 saturated heterocycles. The Kier molecular flexibility index (Phi) is 5.99. The fourth-order valence-electron chi connectivity index (χ4n) is 3.60. The molecule has 33 heavy (non-hydrogen) atoms. The van der Waals surface area contributed by atoms with E-state index in [-0.39, 0.29) is 5.69 Å². The number of aryl methyl sites for hydroxylation is 1. The summed E-state index contributed by atoms with van der Waals surface area (Å²) >= 11 is 0. The molecule has 0 saturated carbocycles. The fraction of sp³-hybridized carbons (Fsp3) is 0.125. The third-order valence-corrected chi connectivity index (χ3v) is 7.01. The third-order valence-electron chi connectivity index (χ3n) is 5.37. The number of hydrogen-bond donors (Lipinski definition) is 0. The van der Waals surface area contributed by atoms with Gasteiger partial charge in [0.05, 0.1) is 12.7 Å². The van der Waals surface area contributed by atoms with E-state index in [0.29, 0.717) is 33.7 Å². The average Bonchev–Trinajstić information content (AvgIpc) is 3.25. The Morgan fingerprint density at radius 2 is 1.79 bits per heavy atom. The predicted molar refractivity (Wildman–Crippen MR) is 123 cm³/mol. The maximum Gasteiger partial charge on any atom is 0.267 e. The molecule has 9 heteroatoms. The van der Waals surface area contributed by atoms with Crippen LogP contribution >= 0.6 is 0 Å². The van der Waals surface area contributed by atoms with Crippen LogP contribution in [0.5, 0.6) is 0 Å². The number of nitrogens with zero attached hydrogens (tertiary/aromatic N) is 4. The lowest BCUT2D eigenvalue weighted by Crippen LogP contribution is -2.26. The van der Waals surface area contributed by atoms with E-state index in [9.17, 15) is 17.2 Å². The van der Waals surface area contributed by atoms with Gasteiger partial charge in [0, 0.05) is 36.3 Å². The third kappa shape index (κ3) is 4.11. The monoisotopic (exact) mass is 467 g/mol. The van der Waals surface area contributed by atoms with Crippen molar-refractivity contribution in [2.24, 2.45) is 0 Å². The molecule has 0 spiro atoms. The molecule has 0 unspecified atom stereocenters. The zero-order valence-electron chi connectivity index (χ0n) is 18.0. The van der Waals surface area contributed by atoms with Crippen LogP contribution in [0, 0.1) is 25.6 Å². The van der Waals surface area contributed by atoms with Crippen LogP contribution in [0.1, 0.15) is 12.5 Å². The lowest BCUT2D eigenvalue weighted by Gasteiger charge is -2.22. The minimum atomic E-state index is -4.46. The number of aromatic nitrogens is 3. The van der Waals surface area contributed by atoms with Gasteiger partial charge >= 0.3 is 0 Å². The summed E-state index contributed by atoms with van der Waals surface area (Å²) in [6, 6.07) is 11.1. The van der Waals surface area contributed by atoms with Crippen LogP contribution in [0.4, 0.5) is 14.5 Å². The molecule has 0 bridgehead atoms. The summed E-state index contributed by atoms with van der Waals surface area (Å²) < 4.78 is 56.6. The first-order chi connectivity index (χ1) is 15.7. The minimum absolute atomic E-state index is 0.225. The molecule has 6 nitrogen and oxygen atoms in total. The number of sulfonamides is 1. The molecule has 0 N–H and O–H groups in total. The molecular formula is C24H21F2N4O2S. The van der Waals surface area contributed by atoms with Crippen molar-refractivity contribution in [2.45, 2.75) is 25.3 Å². The molecular weight excluding hydrogens is 446 g/mol. The summed E-state index contributed by atoms with van der Waals surface area (Å²) in [5.74, 6) is -1.92. The smallest absolute Gasteiger partial charge is 0.267 e. The van der Waals surface area contributed by atoms with Crippen LogP contribution in [-0.4, -0.2) is 23.2 Å². The Labute approximate surface area is 191 Å². The average molecular weight is 468 g/mol. The summed E-state index contributed by atoms with van der Waals surface area (Å²) in [7, 11) is -0.808. The van der Waals surface area contributed by atoms with E-state index in [1.165, 1.54) is 0 Å². The van der Waals surface area contributed by atoms with Gasteiger partial charge < -0.3 is 0 Å². The van der Waals surface area contributed by atoms with Gasteiger partial charge in [0.25, 0.3) is 10.0 Å². The van der Waals surface area contributed by atoms with Gasteiger partial charge in [0.2, 0.25) is 0 Å². The molecule has 2 aromatic heterocycles. The summed E-state index contributed by atoms with van der Waals surface area (Å²) in [6.07, 6.45) is 5.28. The number of rotatable bonds is 6. The second kappa shape index (κ2) is 8.74. The van der Waals surface area contributed by atoms with Gasteiger partial charge in [-0.2, -0.15) is 5.10 Å². The van der Waals surface area contributed by atoms with Crippen LogP contribution < -0.4 is 4.31 Å². The largest absolute Gasteiger partial charge is 0.272 e. The summed E-state index contributed by atoms with van der Waals surface area (Å²) in [5.41, 5.74) is 3.91. The number of halogens is 2. The number of benzene rings is 2. The Bertz CT molecular complexity index is 1420. The molecule has 0 aliphatic carbocycles. The maximum absolute atomic E-state index is 14.3. The van der Waals surface area contributed by atoms with Crippen molar-refractivity contribution in [3.63, 3.8) is 0 Å². The molecule has 169 valence electrons. The molecule has 4 rings (SSSR count). The molecule has 2 heterocycles. The molecule has 0 atom stereocenters. The van der Waals surface area contributed by atoms with Crippen molar-refractivity contribution in [3.05, 3.63) is 91.4 Å². The topological polar surface area (TPSA) is 68.1 Å². The minimum Gasteiger partial charge on any atom is -0.272 e. The van der Waals surface area contributed by atoms with Crippen molar-refractivity contribution in [2.75, 3.05) is 4.31 Å². The SMILES string of the molecule is [CH2]N(c1cccc(-c2nn(CC)cc2-c2ccncc2)c1C)S(=O)(=O)c1cc(F)ccc1F. The Morgan fingerprint density at radius 3 is 2.48 bits per heavy atom. The van der Waals surface area contributed by atoms with Gasteiger partial charge in [-0.05, 0) is 61.4 Å². The van der Waals surface area contributed by atoms with Gasteiger partial charge in [-0.15, -0.1) is 0 Å². The van der Waals surface area contributed by atoms with Crippen LogP contribution in [0.15, 0.2) is 72.0 Å². The first-order valence-electron chi connectivity index (χ1n) is 10.1. The Hall–Kier alpha value is -3.59. The first kappa shape index (κ1) is 22.6. The van der Waals surface area contributed by atoms with E-state index in [1.807, 2.05) is 31.3 Å². The van der Waals surface area contributed by atoms with E-state index in [1.54, 1.807) is 36.1 Å². The number of pyridine rings is 1. The molecule has 0 fully saturated rings. The first-order valence-corrected chi connectivity index (χ1v) is 11.6. The molecule has 0 aliphatic rings. The lowest BCUT2D eigenvalue weighted by atomic mass is 9.98. The highest BCUT2D eigenvalue weighted by Crippen LogP contribution is 2.37. The quantitative estimate of drug-likeness (QED) is 0.391. The van der Waals surface area contributed by atoms with Crippen molar-refractivity contribution >= 4 is 15.7 Å². The van der Waals surface area contributed by atoms with E-state index >= 15 is 0 Å². The van der Waals surface area contributed by atoms with Crippen molar-refractivity contribution in [3.8, 4) is 22.4 Å². The zero-order valence-corrected chi connectivity index (χ0v) is 18.9. The van der Waals surface area contributed by atoms with Gasteiger partial charge in [0.15, 0.2) is 0 Å². The second-order valence-electron chi connectivity index (χ2n) is 7.36. The van der Waals surface area contributed by atoms with Crippen molar-refractivity contribution < 1.29 is 17.2 Å². The van der Waals surface area contributed by atoms with Crippen LogP contribution in [0.2, 0.25) is 0 Å². The second-order valence-corrected chi connectivity index (χ2v) is 9.19. The standard InChI is InChI=1S/C24H21F2N4O2S/c1-4-30-15-20(17-10-12-27-13-11-17)24(28-30)19-6-5-7-22(16(19)2)29(3)33(31,32)23-14-18(25)8-9-21(23)26/h5-15H,3-4H2,1-2H3. The number of hydrogen-bond acceptors (Lipinski definition) is 4. The van der Waals surface area contributed by atoms with E-state index in [4.69, 9.17) is 0 Å². The summed E-state index contributed by atoms with van der Waals surface area (Å²) in [4.78, 5) is 3.28. The molecule has 0 aliphatic heterocycles. The van der Waals surface area contributed by atoms with Gasteiger partial charge in [-0.25, -0.2) is 17.2 Å². The van der Waals surface area contributed by atoms with Crippen LogP contribution in [-0.2, 0) is 16.6 Å². The van der Waals surface area contributed by atoms with E-state index < -0.39 is 26.6 Å². The van der Waals surface area contributed by atoms with Crippen molar-refractivity contribution in [1.29, 1.82) is 0 Å². The molecule has 4 aromatic rings. The van der Waals surface area contributed by atoms with Gasteiger partial charge in [0.1, 0.15) is 22.2 Å². The summed E-state index contributed by atoms with van der Waals surface area (Å²) in [6.45, 7) is 4.35. The Morgan fingerprint density at radius 1 is 1.06 bits per heavy atom. The van der Waals surface area contributed by atoms with Gasteiger partial charge in [-0.3, -0.25) is 14.0 Å².